The van der Waals surface area contributed by atoms with Crippen molar-refractivity contribution in [3.8, 4) is 0 Å². The van der Waals surface area contributed by atoms with Crippen LogP contribution in [-0.4, -0.2) is 0 Å². The SMILES string of the molecule is C=C/C=C(/C=C\CC)C1=C(C=C)C2=C(CC=CC=C2)/C1=C/C. The van der Waals surface area contributed by atoms with Crippen molar-refractivity contribution in [3.05, 3.63) is 107 Å². The van der Waals surface area contributed by atoms with Crippen molar-refractivity contribution >= 4 is 0 Å². The summed E-state index contributed by atoms with van der Waals surface area (Å²) in [7, 11) is 0. The van der Waals surface area contributed by atoms with Gasteiger partial charge >= 0.3 is 0 Å². The molecule has 22 heavy (non-hydrogen) atoms. The van der Waals surface area contributed by atoms with Gasteiger partial charge in [-0.25, -0.2) is 0 Å². The van der Waals surface area contributed by atoms with E-state index >= 15 is 0 Å². The zero-order valence-electron chi connectivity index (χ0n) is 13.6. The molecule has 0 heterocycles. The minimum absolute atomic E-state index is 0.960. The van der Waals surface area contributed by atoms with Gasteiger partial charge in [0.2, 0.25) is 0 Å². The Kier molecular flexibility index (Phi) is 5.55. The van der Waals surface area contributed by atoms with Crippen LogP contribution in [-0.2, 0) is 0 Å². The van der Waals surface area contributed by atoms with Gasteiger partial charge in [0.15, 0.2) is 0 Å². The van der Waals surface area contributed by atoms with Gasteiger partial charge in [-0.2, -0.15) is 0 Å². The summed E-state index contributed by atoms with van der Waals surface area (Å²) < 4.78 is 0. The first-order valence-corrected chi connectivity index (χ1v) is 7.88. The molecule has 0 aromatic rings. The zero-order chi connectivity index (χ0) is 15.9. The molecule has 0 atom stereocenters. The van der Waals surface area contributed by atoms with E-state index in [-0.39, 0.29) is 0 Å². The summed E-state index contributed by atoms with van der Waals surface area (Å²) in [6.45, 7) is 12.2. The van der Waals surface area contributed by atoms with Crippen LogP contribution in [0.5, 0.6) is 0 Å². The summed E-state index contributed by atoms with van der Waals surface area (Å²) in [5, 5.41) is 0. The second kappa shape index (κ2) is 7.61. The normalized spacial score (nSPS) is 20.1. The Labute approximate surface area is 134 Å². The first-order chi connectivity index (χ1) is 10.8. The van der Waals surface area contributed by atoms with Gasteiger partial charge in [-0.15, -0.1) is 0 Å². The Bertz CT molecular complexity index is 680. The molecule has 0 aromatic carbocycles. The van der Waals surface area contributed by atoms with Gasteiger partial charge in [-0.3, -0.25) is 0 Å². The number of hydrogen-bond acceptors (Lipinski definition) is 0. The Morgan fingerprint density at radius 2 is 2.09 bits per heavy atom. The highest BCUT2D eigenvalue weighted by Gasteiger charge is 2.26. The van der Waals surface area contributed by atoms with Gasteiger partial charge in [-0.1, -0.05) is 80.8 Å². The van der Waals surface area contributed by atoms with E-state index < -0.39 is 0 Å². The van der Waals surface area contributed by atoms with E-state index in [1.54, 1.807) is 0 Å². The van der Waals surface area contributed by atoms with Crippen LogP contribution in [0.3, 0.4) is 0 Å². The monoisotopic (exact) mass is 288 g/mol. The quantitative estimate of drug-likeness (QED) is 0.519. The molecular weight excluding hydrogens is 264 g/mol. The molecule has 0 unspecified atom stereocenters. The summed E-state index contributed by atoms with van der Waals surface area (Å²) in [6.07, 6.45) is 23.1. The molecule has 112 valence electrons. The Morgan fingerprint density at radius 3 is 2.73 bits per heavy atom. The second-order valence-electron chi connectivity index (χ2n) is 5.25. The van der Waals surface area contributed by atoms with E-state index in [0.717, 1.165) is 12.8 Å². The van der Waals surface area contributed by atoms with E-state index in [1.165, 1.54) is 33.4 Å². The van der Waals surface area contributed by atoms with Gasteiger partial charge in [0.25, 0.3) is 0 Å². The highest BCUT2D eigenvalue weighted by atomic mass is 14.3. The lowest BCUT2D eigenvalue weighted by Crippen LogP contribution is -1.93. The van der Waals surface area contributed by atoms with Crippen molar-refractivity contribution in [1.82, 2.24) is 0 Å². The van der Waals surface area contributed by atoms with Crippen LogP contribution in [0.1, 0.15) is 26.7 Å². The van der Waals surface area contributed by atoms with Crippen molar-refractivity contribution in [1.29, 1.82) is 0 Å². The smallest absolute Gasteiger partial charge is 0.00333 e. The summed E-state index contributed by atoms with van der Waals surface area (Å²) in [6, 6.07) is 0. The van der Waals surface area contributed by atoms with Crippen LogP contribution in [0.4, 0.5) is 0 Å². The first kappa shape index (κ1) is 16.0. The minimum Gasteiger partial charge on any atom is -0.0990 e. The molecular formula is C22H24. The van der Waals surface area contributed by atoms with E-state index in [2.05, 4.69) is 75.6 Å². The molecule has 0 radical (unpaired) electrons. The predicted octanol–water partition coefficient (Wildman–Crippen LogP) is 6.32. The van der Waals surface area contributed by atoms with Crippen LogP contribution in [0, 0.1) is 0 Å². The second-order valence-corrected chi connectivity index (χ2v) is 5.25. The highest BCUT2D eigenvalue weighted by Crippen LogP contribution is 2.44. The molecule has 2 aliphatic carbocycles. The maximum atomic E-state index is 4.06. The van der Waals surface area contributed by atoms with Gasteiger partial charge in [0, 0.05) is 0 Å². The van der Waals surface area contributed by atoms with E-state index in [9.17, 15) is 0 Å². The molecule has 0 spiro atoms. The van der Waals surface area contributed by atoms with Gasteiger partial charge < -0.3 is 0 Å². The molecule has 0 heteroatoms. The summed E-state index contributed by atoms with van der Waals surface area (Å²) in [5.41, 5.74) is 7.68. The molecule has 0 aliphatic heterocycles. The third-order valence-electron chi connectivity index (χ3n) is 3.92. The van der Waals surface area contributed by atoms with E-state index in [0.29, 0.717) is 0 Å². The summed E-state index contributed by atoms with van der Waals surface area (Å²) >= 11 is 0. The molecule has 2 rings (SSSR count). The Morgan fingerprint density at radius 1 is 1.27 bits per heavy atom. The molecule has 0 saturated carbocycles. The Balaban J connectivity index is 2.65. The molecule has 0 amide bonds. The largest absolute Gasteiger partial charge is 0.0990 e. The molecule has 0 nitrogen and oxygen atoms in total. The van der Waals surface area contributed by atoms with Gasteiger partial charge in [0.1, 0.15) is 0 Å². The molecule has 2 aliphatic rings. The van der Waals surface area contributed by atoms with Crippen molar-refractivity contribution in [2.45, 2.75) is 26.7 Å². The lowest BCUT2D eigenvalue weighted by atomic mass is 9.92. The van der Waals surface area contributed by atoms with E-state index in [4.69, 9.17) is 0 Å². The molecule has 0 N–H and O–H groups in total. The van der Waals surface area contributed by atoms with Crippen LogP contribution in [0.2, 0.25) is 0 Å². The van der Waals surface area contributed by atoms with Crippen LogP contribution in [0.15, 0.2) is 107 Å². The maximum absolute atomic E-state index is 4.06. The summed E-state index contributed by atoms with van der Waals surface area (Å²) in [5.74, 6) is 0. The van der Waals surface area contributed by atoms with Crippen molar-refractivity contribution in [3.63, 3.8) is 0 Å². The predicted molar refractivity (Wildman–Crippen MR) is 98.6 cm³/mol. The standard InChI is InChI=1S/C22H24/c1-5-9-14-17(13-6-2)22-18(7-3)20-15-11-10-12-16-21(20)19(22)8-4/h6-15H,2-3,5,16H2,1,4H3/b14-9-,17-13-,19-8-. The molecule has 0 bridgehead atoms. The van der Waals surface area contributed by atoms with Crippen LogP contribution >= 0.6 is 0 Å². The Hall–Kier alpha value is -2.34. The molecule has 0 saturated heterocycles. The van der Waals surface area contributed by atoms with Crippen LogP contribution < -0.4 is 0 Å². The zero-order valence-corrected chi connectivity index (χ0v) is 13.6. The first-order valence-electron chi connectivity index (χ1n) is 7.88. The minimum atomic E-state index is 0.960. The third-order valence-corrected chi connectivity index (χ3v) is 3.92. The van der Waals surface area contributed by atoms with Gasteiger partial charge in [-0.05, 0) is 53.2 Å². The summed E-state index contributed by atoms with van der Waals surface area (Å²) in [4.78, 5) is 0. The maximum Gasteiger partial charge on any atom is -0.00333 e. The number of hydrogen-bond donors (Lipinski definition) is 0. The topological polar surface area (TPSA) is 0 Å². The molecule has 0 aromatic heterocycles. The van der Waals surface area contributed by atoms with Crippen LogP contribution in [0.25, 0.3) is 0 Å². The van der Waals surface area contributed by atoms with Gasteiger partial charge in [0.05, 0.1) is 0 Å². The fourth-order valence-corrected chi connectivity index (χ4v) is 3.00. The van der Waals surface area contributed by atoms with Crippen molar-refractivity contribution in [2.75, 3.05) is 0 Å². The fraction of sp³-hybridized carbons (Fsp3) is 0.182. The fourth-order valence-electron chi connectivity index (χ4n) is 3.00. The third kappa shape index (κ3) is 2.96. The average Bonchev–Trinajstić information content (AvgIpc) is 2.67. The van der Waals surface area contributed by atoms with Crippen molar-refractivity contribution in [2.24, 2.45) is 0 Å². The number of rotatable bonds is 5. The number of allylic oxidation sites excluding steroid dienone is 16. The highest BCUT2D eigenvalue weighted by molar-refractivity contribution is 5.76. The lowest BCUT2D eigenvalue weighted by Gasteiger charge is -2.11. The lowest BCUT2D eigenvalue weighted by molar-refractivity contribution is 1.21. The van der Waals surface area contributed by atoms with E-state index in [1.807, 2.05) is 12.2 Å². The molecule has 0 fully saturated rings. The average molecular weight is 288 g/mol. The van der Waals surface area contributed by atoms with Crippen molar-refractivity contribution < 1.29 is 0 Å².